The van der Waals surface area contributed by atoms with Crippen LogP contribution in [0.4, 0.5) is 0 Å². The Morgan fingerprint density at radius 2 is 2.22 bits per heavy atom. The lowest BCUT2D eigenvalue weighted by Gasteiger charge is -2.04. The van der Waals surface area contributed by atoms with E-state index in [1.807, 2.05) is 0 Å². The summed E-state index contributed by atoms with van der Waals surface area (Å²) < 4.78 is 0. The predicted molar refractivity (Wildman–Crippen MR) is 38.8 cm³/mol. The molecule has 0 aliphatic heterocycles. The maximum Gasteiger partial charge on any atom is -0.0128 e. The van der Waals surface area contributed by atoms with Crippen molar-refractivity contribution < 1.29 is 0 Å². The van der Waals surface area contributed by atoms with Crippen LogP contribution < -0.4 is 0 Å². The van der Waals surface area contributed by atoms with Gasteiger partial charge >= 0.3 is 0 Å². The molecule has 1 radical (unpaired) electrons. The molecule has 47 valence electrons. The van der Waals surface area contributed by atoms with Crippen LogP contribution in [0.1, 0.15) is 13.3 Å². The third-order valence-electron chi connectivity index (χ3n) is 2.41. The second kappa shape index (κ2) is 1.50. The van der Waals surface area contributed by atoms with Gasteiger partial charge in [-0.2, -0.15) is 0 Å². The highest BCUT2D eigenvalue weighted by molar-refractivity contribution is 5.36. The van der Waals surface area contributed by atoms with E-state index in [4.69, 9.17) is 0 Å². The van der Waals surface area contributed by atoms with Gasteiger partial charge in [0.1, 0.15) is 0 Å². The molecule has 1 saturated carbocycles. The van der Waals surface area contributed by atoms with Crippen LogP contribution in [-0.4, -0.2) is 0 Å². The van der Waals surface area contributed by atoms with Gasteiger partial charge in [0.15, 0.2) is 0 Å². The lowest BCUT2D eigenvalue weighted by molar-refractivity contribution is 0.879. The summed E-state index contributed by atoms with van der Waals surface area (Å²) >= 11 is 0. The van der Waals surface area contributed by atoms with Gasteiger partial charge in [-0.05, 0) is 32.1 Å². The summed E-state index contributed by atoms with van der Waals surface area (Å²) in [5, 5.41) is 0. The van der Waals surface area contributed by atoms with Gasteiger partial charge < -0.3 is 0 Å². The lowest BCUT2D eigenvalue weighted by Crippen LogP contribution is -1.91. The van der Waals surface area contributed by atoms with Gasteiger partial charge in [-0.15, -0.1) is 0 Å². The Morgan fingerprint density at radius 3 is 2.89 bits per heavy atom. The zero-order valence-corrected chi connectivity index (χ0v) is 5.72. The van der Waals surface area contributed by atoms with Crippen LogP contribution in [0.25, 0.3) is 0 Å². The molecule has 0 bridgehead atoms. The molecule has 0 heteroatoms. The smallest absolute Gasteiger partial charge is 0.0128 e. The van der Waals surface area contributed by atoms with Crippen LogP contribution in [0.3, 0.4) is 0 Å². The molecule has 2 rings (SSSR count). The van der Waals surface area contributed by atoms with Crippen molar-refractivity contribution in [3.05, 3.63) is 30.2 Å². The highest BCUT2D eigenvalue weighted by atomic mass is 14.4. The van der Waals surface area contributed by atoms with Crippen molar-refractivity contribution in [1.82, 2.24) is 0 Å². The molecular weight excluding hydrogens is 108 g/mol. The van der Waals surface area contributed by atoms with E-state index in [9.17, 15) is 0 Å². The first kappa shape index (κ1) is 5.28. The van der Waals surface area contributed by atoms with Crippen LogP contribution in [0.15, 0.2) is 23.3 Å². The highest BCUT2D eigenvalue weighted by Crippen LogP contribution is 2.50. The number of fused-ring (bicyclic) bond motifs is 1. The lowest BCUT2D eigenvalue weighted by atomic mass is 10.0. The number of hydrogen-bond donors (Lipinski definition) is 0. The van der Waals surface area contributed by atoms with Crippen molar-refractivity contribution in [2.24, 2.45) is 11.8 Å². The maximum absolute atomic E-state index is 3.97. The molecule has 0 nitrogen and oxygen atoms in total. The van der Waals surface area contributed by atoms with Gasteiger partial charge in [-0.1, -0.05) is 23.3 Å². The van der Waals surface area contributed by atoms with Crippen molar-refractivity contribution in [3.8, 4) is 0 Å². The quantitative estimate of drug-likeness (QED) is 0.459. The number of allylic oxidation sites excluding steroid dienone is 4. The molecule has 1 fully saturated rings. The molecule has 0 aromatic carbocycles. The van der Waals surface area contributed by atoms with Crippen molar-refractivity contribution in [1.29, 1.82) is 0 Å². The fraction of sp³-hybridized carbons (Fsp3) is 0.444. The van der Waals surface area contributed by atoms with E-state index in [1.165, 1.54) is 12.0 Å². The van der Waals surface area contributed by atoms with Crippen LogP contribution in [0.5, 0.6) is 0 Å². The second-order valence-corrected chi connectivity index (χ2v) is 3.10. The molecule has 0 amide bonds. The molecule has 9 heavy (non-hydrogen) atoms. The second-order valence-electron chi connectivity index (χ2n) is 3.10. The van der Waals surface area contributed by atoms with Crippen LogP contribution >= 0.6 is 0 Å². The molecule has 2 aliphatic carbocycles. The minimum Gasteiger partial charge on any atom is -0.0696 e. The predicted octanol–water partition coefficient (Wildman–Crippen LogP) is 2.34. The molecule has 2 unspecified atom stereocenters. The Labute approximate surface area is 56.3 Å². The molecule has 0 heterocycles. The molecule has 2 aliphatic rings. The number of hydrogen-bond acceptors (Lipinski definition) is 0. The molecule has 2 atom stereocenters. The minimum absolute atomic E-state index is 0.829. The van der Waals surface area contributed by atoms with E-state index in [0.717, 1.165) is 11.8 Å². The summed E-state index contributed by atoms with van der Waals surface area (Å²) in [4.78, 5) is 0. The van der Waals surface area contributed by atoms with Crippen LogP contribution in [0, 0.1) is 18.8 Å². The summed E-state index contributed by atoms with van der Waals surface area (Å²) in [6.07, 6.45) is 5.72. The Balaban J connectivity index is 2.33. The van der Waals surface area contributed by atoms with E-state index < -0.39 is 0 Å². The summed E-state index contributed by atoms with van der Waals surface area (Å²) in [7, 11) is 0. The van der Waals surface area contributed by atoms with Gasteiger partial charge in [-0.3, -0.25) is 0 Å². The van der Waals surface area contributed by atoms with E-state index in [0.29, 0.717) is 0 Å². The SMILES string of the molecule is [CH2]C1=CC=C(C)C2CC12. The molecular formula is C9H11. The first-order chi connectivity index (χ1) is 4.29. The van der Waals surface area contributed by atoms with Gasteiger partial charge in [0.25, 0.3) is 0 Å². The standard InChI is InChI=1S/C9H11/c1-6-3-4-7(2)9-5-8(6)9/h3-4,8-9H,1,5H2,2H3. The molecule has 0 saturated heterocycles. The molecule has 0 aromatic rings. The number of rotatable bonds is 0. The summed E-state index contributed by atoms with van der Waals surface area (Å²) in [6.45, 7) is 6.19. The normalized spacial score (nSPS) is 38.9. The minimum atomic E-state index is 0.829. The highest BCUT2D eigenvalue weighted by Gasteiger charge is 2.40. The van der Waals surface area contributed by atoms with Gasteiger partial charge in [-0.25, -0.2) is 0 Å². The van der Waals surface area contributed by atoms with Crippen molar-refractivity contribution in [3.63, 3.8) is 0 Å². The zero-order valence-electron chi connectivity index (χ0n) is 5.72. The first-order valence-electron chi connectivity index (χ1n) is 3.49. The van der Waals surface area contributed by atoms with Crippen LogP contribution in [0.2, 0.25) is 0 Å². The molecule has 0 N–H and O–H groups in total. The van der Waals surface area contributed by atoms with Crippen molar-refractivity contribution >= 4 is 0 Å². The Kier molecular flexibility index (Phi) is 0.879. The van der Waals surface area contributed by atoms with E-state index in [1.54, 1.807) is 5.57 Å². The van der Waals surface area contributed by atoms with E-state index in [2.05, 4.69) is 26.0 Å². The van der Waals surface area contributed by atoms with Crippen molar-refractivity contribution in [2.75, 3.05) is 0 Å². The Morgan fingerprint density at radius 1 is 1.44 bits per heavy atom. The molecule has 0 spiro atoms. The average molecular weight is 119 g/mol. The fourth-order valence-corrected chi connectivity index (χ4v) is 1.59. The first-order valence-corrected chi connectivity index (χ1v) is 3.49. The topological polar surface area (TPSA) is 0 Å². The third kappa shape index (κ3) is 0.658. The van der Waals surface area contributed by atoms with E-state index in [-0.39, 0.29) is 0 Å². The van der Waals surface area contributed by atoms with Crippen LogP contribution in [-0.2, 0) is 0 Å². The zero-order chi connectivity index (χ0) is 6.43. The average Bonchev–Trinajstić information content (AvgIpc) is 2.57. The summed E-state index contributed by atoms with van der Waals surface area (Å²) in [5.41, 5.74) is 2.89. The van der Waals surface area contributed by atoms with Crippen molar-refractivity contribution in [2.45, 2.75) is 13.3 Å². The summed E-state index contributed by atoms with van der Waals surface area (Å²) in [5.74, 6) is 1.71. The van der Waals surface area contributed by atoms with Gasteiger partial charge in [0, 0.05) is 0 Å². The van der Waals surface area contributed by atoms with Gasteiger partial charge in [0.05, 0.1) is 0 Å². The summed E-state index contributed by atoms with van der Waals surface area (Å²) in [6, 6.07) is 0. The van der Waals surface area contributed by atoms with Gasteiger partial charge in [0.2, 0.25) is 0 Å². The molecule has 0 aromatic heterocycles. The Hall–Kier alpha value is -0.520. The third-order valence-corrected chi connectivity index (χ3v) is 2.41. The monoisotopic (exact) mass is 119 g/mol. The fourth-order valence-electron chi connectivity index (χ4n) is 1.59. The maximum atomic E-state index is 3.97. The largest absolute Gasteiger partial charge is 0.0696 e. The Bertz CT molecular complexity index is 174. The van der Waals surface area contributed by atoms with E-state index >= 15 is 0 Å².